The second kappa shape index (κ2) is 9.54. The van der Waals surface area contributed by atoms with Gasteiger partial charge in [0.05, 0.1) is 11.1 Å². The van der Waals surface area contributed by atoms with E-state index in [4.69, 9.17) is 10.2 Å². The van der Waals surface area contributed by atoms with E-state index in [9.17, 15) is 9.59 Å². The minimum Gasteiger partial charge on any atom is -0.481 e. The van der Waals surface area contributed by atoms with Crippen LogP contribution in [0.15, 0.2) is 10.2 Å². The predicted molar refractivity (Wildman–Crippen MR) is 85.2 cm³/mol. The largest absolute Gasteiger partial charge is 0.481 e. The Kier molecular flexibility index (Phi) is 8.90. The monoisotopic (exact) mass is 314 g/mol. The first-order valence-electron chi connectivity index (χ1n) is 8.04. The fourth-order valence-electron chi connectivity index (χ4n) is 2.52. The first-order valence-corrected chi connectivity index (χ1v) is 8.04. The van der Waals surface area contributed by atoms with E-state index in [1.807, 2.05) is 27.7 Å². The first kappa shape index (κ1) is 20.5. The van der Waals surface area contributed by atoms with Gasteiger partial charge in [0.15, 0.2) is 0 Å². The maximum Gasteiger partial charge on any atom is 0.303 e. The third-order valence-electron chi connectivity index (χ3n) is 3.86. The Hall–Kier alpha value is -1.46. The molecule has 2 atom stereocenters. The Balaban J connectivity index is 5.03. The van der Waals surface area contributed by atoms with Gasteiger partial charge < -0.3 is 10.2 Å². The van der Waals surface area contributed by atoms with Gasteiger partial charge in [0, 0.05) is 12.8 Å². The van der Waals surface area contributed by atoms with E-state index in [0.29, 0.717) is 12.8 Å². The molecule has 0 aromatic carbocycles. The molecule has 0 aromatic rings. The van der Waals surface area contributed by atoms with Gasteiger partial charge >= 0.3 is 11.9 Å². The Morgan fingerprint density at radius 3 is 1.32 bits per heavy atom. The Labute approximate surface area is 133 Å². The maximum atomic E-state index is 10.8. The van der Waals surface area contributed by atoms with Crippen LogP contribution in [0.3, 0.4) is 0 Å². The van der Waals surface area contributed by atoms with Crippen molar-refractivity contribution in [1.29, 1.82) is 0 Å². The highest BCUT2D eigenvalue weighted by Crippen LogP contribution is 2.30. The zero-order valence-electron chi connectivity index (χ0n) is 14.3. The normalized spacial score (nSPS) is 17.1. The fourth-order valence-corrected chi connectivity index (χ4v) is 2.52. The molecule has 2 N–H and O–H groups in total. The molecule has 0 amide bonds. The number of azo groups is 1. The standard InChI is InChI=1S/C16H30N2O4/c1-5-9-15(3,11-7-13(19)20)17-18-16(4,10-6-2)12-8-14(21)22/h5-12H2,1-4H3,(H,19,20)(H,21,22). The first-order chi connectivity index (χ1) is 10.2. The molecule has 0 rings (SSSR count). The third kappa shape index (κ3) is 8.74. The van der Waals surface area contributed by atoms with Gasteiger partial charge in [-0.25, -0.2) is 0 Å². The van der Waals surface area contributed by atoms with E-state index in [0.717, 1.165) is 25.7 Å². The van der Waals surface area contributed by atoms with Crippen molar-refractivity contribution in [2.45, 2.75) is 90.1 Å². The summed E-state index contributed by atoms with van der Waals surface area (Å²) in [5, 5.41) is 26.6. The number of hydrogen-bond donors (Lipinski definition) is 2. The topological polar surface area (TPSA) is 99.3 Å². The number of carboxylic acids is 2. The molecular weight excluding hydrogens is 284 g/mol. The van der Waals surface area contributed by atoms with Crippen LogP contribution in [0, 0.1) is 0 Å². The zero-order valence-corrected chi connectivity index (χ0v) is 14.3. The van der Waals surface area contributed by atoms with Crippen molar-refractivity contribution in [3.05, 3.63) is 0 Å². The summed E-state index contributed by atoms with van der Waals surface area (Å²) < 4.78 is 0. The van der Waals surface area contributed by atoms with Crippen molar-refractivity contribution in [3.63, 3.8) is 0 Å². The van der Waals surface area contributed by atoms with Crippen LogP contribution in [-0.2, 0) is 9.59 Å². The Bertz CT molecular complexity index is 362. The minimum atomic E-state index is -0.834. The molecule has 128 valence electrons. The lowest BCUT2D eigenvalue weighted by Gasteiger charge is -2.27. The molecule has 0 aliphatic carbocycles. The molecule has 0 aromatic heterocycles. The molecule has 0 spiro atoms. The quantitative estimate of drug-likeness (QED) is 0.525. The molecule has 0 saturated carbocycles. The molecule has 0 bridgehead atoms. The van der Waals surface area contributed by atoms with Crippen molar-refractivity contribution < 1.29 is 19.8 Å². The van der Waals surface area contributed by atoms with E-state index >= 15 is 0 Å². The summed E-state index contributed by atoms with van der Waals surface area (Å²) in [6.07, 6.45) is 4.35. The lowest BCUT2D eigenvalue weighted by atomic mass is 9.90. The average Bonchev–Trinajstić information content (AvgIpc) is 2.42. The molecule has 0 heterocycles. The number of hydrogen-bond acceptors (Lipinski definition) is 4. The lowest BCUT2D eigenvalue weighted by molar-refractivity contribution is -0.138. The van der Waals surface area contributed by atoms with Gasteiger partial charge in [-0.05, 0) is 39.5 Å². The van der Waals surface area contributed by atoms with Crippen molar-refractivity contribution in [2.75, 3.05) is 0 Å². The molecule has 0 aliphatic heterocycles. The summed E-state index contributed by atoms with van der Waals surface area (Å²) in [5.74, 6) is -1.67. The maximum absolute atomic E-state index is 10.8. The van der Waals surface area contributed by atoms with Crippen LogP contribution in [0.2, 0.25) is 0 Å². The molecular formula is C16H30N2O4. The lowest BCUT2D eigenvalue weighted by Crippen LogP contribution is -2.27. The van der Waals surface area contributed by atoms with Crippen LogP contribution < -0.4 is 0 Å². The smallest absolute Gasteiger partial charge is 0.303 e. The van der Waals surface area contributed by atoms with Gasteiger partial charge in [0.2, 0.25) is 0 Å². The highest BCUT2D eigenvalue weighted by atomic mass is 16.4. The second-order valence-electron chi connectivity index (χ2n) is 6.48. The number of carbonyl (C=O) groups is 2. The van der Waals surface area contributed by atoms with Crippen LogP contribution in [0.4, 0.5) is 0 Å². The van der Waals surface area contributed by atoms with Crippen LogP contribution in [-0.4, -0.2) is 33.2 Å². The van der Waals surface area contributed by atoms with Crippen molar-refractivity contribution in [2.24, 2.45) is 10.2 Å². The number of nitrogens with zero attached hydrogens (tertiary/aromatic N) is 2. The highest BCUT2D eigenvalue weighted by Gasteiger charge is 2.28. The molecule has 6 heteroatoms. The van der Waals surface area contributed by atoms with E-state index in [1.165, 1.54) is 0 Å². The molecule has 2 unspecified atom stereocenters. The number of aliphatic carboxylic acids is 2. The zero-order chi connectivity index (χ0) is 17.2. The number of carboxylic acid groups (broad SMARTS) is 2. The van der Waals surface area contributed by atoms with Gasteiger partial charge in [-0.3, -0.25) is 9.59 Å². The van der Waals surface area contributed by atoms with Gasteiger partial charge in [-0.15, -0.1) is 0 Å². The van der Waals surface area contributed by atoms with E-state index in [-0.39, 0.29) is 12.8 Å². The van der Waals surface area contributed by atoms with Crippen molar-refractivity contribution in [3.8, 4) is 0 Å². The molecule has 0 saturated heterocycles. The Morgan fingerprint density at radius 2 is 1.09 bits per heavy atom. The molecule has 22 heavy (non-hydrogen) atoms. The van der Waals surface area contributed by atoms with Gasteiger partial charge in [0.25, 0.3) is 0 Å². The van der Waals surface area contributed by atoms with Crippen molar-refractivity contribution in [1.82, 2.24) is 0 Å². The van der Waals surface area contributed by atoms with E-state index in [2.05, 4.69) is 10.2 Å². The van der Waals surface area contributed by atoms with Gasteiger partial charge in [0.1, 0.15) is 0 Å². The molecule has 0 fully saturated rings. The summed E-state index contributed by atoms with van der Waals surface area (Å²) in [7, 11) is 0. The van der Waals surface area contributed by atoms with Gasteiger partial charge in [-0.2, -0.15) is 10.2 Å². The fraction of sp³-hybridized carbons (Fsp3) is 0.875. The van der Waals surface area contributed by atoms with Crippen LogP contribution in [0.1, 0.15) is 79.1 Å². The molecule has 0 radical (unpaired) electrons. The Morgan fingerprint density at radius 1 is 0.773 bits per heavy atom. The van der Waals surface area contributed by atoms with E-state index < -0.39 is 23.0 Å². The SMILES string of the molecule is CCCC(C)(CCC(=O)O)N=NC(C)(CCC)CCC(=O)O. The van der Waals surface area contributed by atoms with Crippen molar-refractivity contribution >= 4 is 11.9 Å². The molecule has 6 nitrogen and oxygen atoms in total. The second-order valence-corrected chi connectivity index (χ2v) is 6.48. The van der Waals surface area contributed by atoms with Crippen LogP contribution in [0.5, 0.6) is 0 Å². The number of rotatable bonds is 12. The summed E-state index contributed by atoms with van der Waals surface area (Å²) in [6, 6.07) is 0. The summed E-state index contributed by atoms with van der Waals surface area (Å²) in [6.45, 7) is 7.91. The van der Waals surface area contributed by atoms with Crippen LogP contribution in [0.25, 0.3) is 0 Å². The van der Waals surface area contributed by atoms with Crippen LogP contribution >= 0.6 is 0 Å². The highest BCUT2D eigenvalue weighted by molar-refractivity contribution is 5.67. The summed E-state index contributed by atoms with van der Waals surface area (Å²) >= 11 is 0. The minimum absolute atomic E-state index is 0.0646. The third-order valence-corrected chi connectivity index (χ3v) is 3.86. The summed E-state index contributed by atoms with van der Waals surface area (Å²) in [5.41, 5.74) is -0.989. The summed E-state index contributed by atoms with van der Waals surface area (Å²) in [4.78, 5) is 21.6. The van der Waals surface area contributed by atoms with E-state index in [1.54, 1.807) is 0 Å². The predicted octanol–water partition coefficient (Wildman–Crippen LogP) is 4.29. The molecule has 0 aliphatic rings. The van der Waals surface area contributed by atoms with Gasteiger partial charge in [-0.1, -0.05) is 26.7 Å². The average molecular weight is 314 g/mol.